The van der Waals surface area contributed by atoms with Crippen molar-refractivity contribution in [3.8, 4) is 5.75 Å². The topological polar surface area (TPSA) is 58.6 Å². The number of benzene rings is 2. The van der Waals surface area contributed by atoms with Gasteiger partial charge in [0.25, 0.3) is 0 Å². The zero-order valence-electron chi connectivity index (χ0n) is 17.9. The molecular formula is C25H30N2O3. The second kappa shape index (κ2) is 8.90. The fourth-order valence-corrected chi connectivity index (χ4v) is 4.55. The molecule has 2 aromatic carbocycles. The minimum Gasteiger partial charge on any atom is -0.497 e. The van der Waals surface area contributed by atoms with Crippen molar-refractivity contribution in [2.24, 2.45) is 5.92 Å². The van der Waals surface area contributed by atoms with E-state index < -0.39 is 0 Å². The molecule has 1 atom stereocenters. The van der Waals surface area contributed by atoms with Crippen LogP contribution < -0.4 is 15.0 Å². The van der Waals surface area contributed by atoms with Gasteiger partial charge in [0.05, 0.1) is 7.11 Å². The van der Waals surface area contributed by atoms with Crippen LogP contribution in [-0.4, -0.2) is 31.9 Å². The average Bonchev–Trinajstić information content (AvgIpc) is 2.76. The van der Waals surface area contributed by atoms with Crippen LogP contribution in [0.5, 0.6) is 5.75 Å². The number of hydrogen-bond acceptors (Lipinski definition) is 4. The molecule has 30 heavy (non-hydrogen) atoms. The highest BCUT2D eigenvalue weighted by Crippen LogP contribution is 2.32. The fourth-order valence-electron chi connectivity index (χ4n) is 4.55. The van der Waals surface area contributed by atoms with Crippen LogP contribution in [0, 0.1) is 5.92 Å². The summed E-state index contributed by atoms with van der Waals surface area (Å²) in [5.74, 6) is 1.01. The molecule has 0 saturated heterocycles. The molecule has 2 aromatic rings. The van der Waals surface area contributed by atoms with Crippen molar-refractivity contribution < 1.29 is 14.3 Å². The van der Waals surface area contributed by atoms with Crippen molar-refractivity contribution in [3.05, 3.63) is 53.1 Å². The molecule has 2 heterocycles. The Hall–Kier alpha value is -2.82. The summed E-state index contributed by atoms with van der Waals surface area (Å²) in [4.78, 5) is 27.2. The molecule has 1 amide bonds. The van der Waals surface area contributed by atoms with Gasteiger partial charge in [-0.3, -0.25) is 9.59 Å². The maximum absolute atomic E-state index is 12.9. The van der Waals surface area contributed by atoms with Gasteiger partial charge in [-0.15, -0.1) is 0 Å². The van der Waals surface area contributed by atoms with Crippen LogP contribution in [0.3, 0.4) is 0 Å². The lowest BCUT2D eigenvalue weighted by atomic mass is 9.88. The van der Waals surface area contributed by atoms with Crippen molar-refractivity contribution in [1.82, 2.24) is 0 Å². The second-order valence-electron chi connectivity index (χ2n) is 8.39. The highest BCUT2D eigenvalue weighted by Gasteiger charge is 2.26. The Morgan fingerprint density at radius 1 is 1.23 bits per heavy atom. The summed E-state index contributed by atoms with van der Waals surface area (Å²) < 4.78 is 5.40. The summed E-state index contributed by atoms with van der Waals surface area (Å²) in [5, 5.41) is 2.93. The molecule has 0 saturated carbocycles. The third-order valence-corrected chi connectivity index (χ3v) is 6.28. The third-order valence-electron chi connectivity index (χ3n) is 6.28. The normalized spacial score (nSPS) is 17.7. The number of amides is 1. The van der Waals surface area contributed by atoms with E-state index in [0.717, 1.165) is 61.3 Å². The van der Waals surface area contributed by atoms with E-state index in [9.17, 15) is 9.59 Å². The Bertz CT molecular complexity index is 953. The van der Waals surface area contributed by atoms with Gasteiger partial charge in [0.15, 0.2) is 5.78 Å². The molecule has 5 heteroatoms. The summed E-state index contributed by atoms with van der Waals surface area (Å²) >= 11 is 0. The Kier molecular flexibility index (Phi) is 6.07. The van der Waals surface area contributed by atoms with E-state index in [1.807, 2.05) is 31.2 Å². The lowest BCUT2D eigenvalue weighted by Crippen LogP contribution is -2.30. The molecule has 2 aliphatic heterocycles. The first-order chi connectivity index (χ1) is 14.6. The van der Waals surface area contributed by atoms with Crippen molar-refractivity contribution in [2.45, 2.75) is 45.4 Å². The zero-order chi connectivity index (χ0) is 21.1. The molecule has 0 aliphatic carbocycles. The van der Waals surface area contributed by atoms with Gasteiger partial charge < -0.3 is 15.0 Å². The van der Waals surface area contributed by atoms with Gasteiger partial charge in [0, 0.05) is 48.4 Å². The number of fused-ring (bicyclic) bond motifs is 2. The van der Waals surface area contributed by atoms with Crippen molar-refractivity contribution in [1.29, 1.82) is 0 Å². The number of aryl methyl sites for hydroxylation is 1. The van der Waals surface area contributed by atoms with Gasteiger partial charge in [0.1, 0.15) is 5.75 Å². The van der Waals surface area contributed by atoms with E-state index in [2.05, 4.69) is 22.3 Å². The van der Waals surface area contributed by atoms with Gasteiger partial charge >= 0.3 is 0 Å². The minimum atomic E-state index is -0.0948. The van der Waals surface area contributed by atoms with E-state index >= 15 is 0 Å². The number of nitrogens with one attached hydrogen (secondary N) is 1. The minimum absolute atomic E-state index is 0.0329. The number of unbranched alkanes of at least 4 members (excludes halogenated alkanes) is 1. The van der Waals surface area contributed by atoms with Crippen LogP contribution in [0.15, 0.2) is 36.4 Å². The predicted octanol–water partition coefficient (Wildman–Crippen LogP) is 4.63. The number of nitrogens with zero attached hydrogens (tertiary/aromatic N) is 1. The van der Waals surface area contributed by atoms with Crippen LogP contribution in [0.2, 0.25) is 0 Å². The lowest BCUT2D eigenvalue weighted by molar-refractivity contribution is -0.119. The fraction of sp³-hybridized carbons (Fsp3) is 0.440. The quantitative estimate of drug-likeness (QED) is 0.538. The highest BCUT2D eigenvalue weighted by atomic mass is 16.5. The number of Topliss-reactive ketones (excluding diaryl/α,β-unsaturated/α-hetero) is 1. The van der Waals surface area contributed by atoms with Gasteiger partial charge in [-0.25, -0.2) is 0 Å². The Balaban J connectivity index is 1.35. The van der Waals surface area contributed by atoms with E-state index in [-0.39, 0.29) is 17.6 Å². The SMILES string of the molecule is COc1ccc2c(c1)N(CCCCC(=O)c1cccc3c1C[C@H](C)C(=O)N3)CCC2. The number of methoxy groups -OCH3 is 1. The van der Waals surface area contributed by atoms with Crippen molar-refractivity contribution in [2.75, 3.05) is 30.4 Å². The Morgan fingerprint density at radius 3 is 2.93 bits per heavy atom. The monoisotopic (exact) mass is 406 g/mol. The lowest BCUT2D eigenvalue weighted by Gasteiger charge is -2.31. The van der Waals surface area contributed by atoms with Crippen LogP contribution in [0.25, 0.3) is 0 Å². The number of carbonyl (C=O) groups excluding carboxylic acids is 2. The molecule has 0 radical (unpaired) electrons. The molecule has 5 nitrogen and oxygen atoms in total. The Labute approximate surface area is 178 Å². The standard InChI is InChI=1S/C25H30N2O3/c1-17-15-21-20(8-5-9-22(21)26-25(17)29)24(28)10-3-4-13-27-14-6-7-18-11-12-19(30-2)16-23(18)27/h5,8-9,11-12,16-17H,3-4,6-7,10,13-15H2,1-2H3,(H,26,29)/t17-/m0/s1. The molecule has 158 valence electrons. The highest BCUT2D eigenvalue weighted by molar-refractivity contribution is 6.02. The number of ether oxygens (including phenoxy) is 1. The van der Waals surface area contributed by atoms with Crippen LogP contribution in [-0.2, 0) is 17.6 Å². The molecule has 0 unspecified atom stereocenters. The number of carbonyl (C=O) groups is 2. The van der Waals surface area contributed by atoms with E-state index in [1.54, 1.807) is 7.11 Å². The second-order valence-corrected chi connectivity index (χ2v) is 8.39. The van der Waals surface area contributed by atoms with Gasteiger partial charge in [0.2, 0.25) is 5.91 Å². The molecule has 0 bridgehead atoms. The number of rotatable bonds is 7. The van der Waals surface area contributed by atoms with Crippen molar-refractivity contribution >= 4 is 23.1 Å². The Morgan fingerprint density at radius 2 is 2.10 bits per heavy atom. The maximum Gasteiger partial charge on any atom is 0.227 e. The summed E-state index contributed by atoms with van der Waals surface area (Å²) in [6.45, 7) is 3.91. The largest absolute Gasteiger partial charge is 0.497 e. The number of ketones is 1. The molecule has 1 N–H and O–H groups in total. The summed E-state index contributed by atoms with van der Waals surface area (Å²) in [7, 11) is 1.70. The average molecular weight is 407 g/mol. The van der Waals surface area contributed by atoms with Crippen LogP contribution >= 0.6 is 0 Å². The zero-order valence-corrected chi connectivity index (χ0v) is 17.9. The predicted molar refractivity (Wildman–Crippen MR) is 120 cm³/mol. The molecule has 2 aliphatic rings. The molecule has 0 fully saturated rings. The van der Waals surface area contributed by atoms with Gasteiger partial charge in [-0.05, 0) is 55.4 Å². The van der Waals surface area contributed by atoms with Crippen LogP contribution in [0.1, 0.15) is 54.1 Å². The first-order valence-electron chi connectivity index (χ1n) is 10.9. The van der Waals surface area contributed by atoms with E-state index in [0.29, 0.717) is 12.8 Å². The molecule has 0 aromatic heterocycles. The van der Waals surface area contributed by atoms with E-state index in [1.165, 1.54) is 11.3 Å². The molecule has 4 rings (SSSR count). The number of anilines is 2. The summed E-state index contributed by atoms with van der Waals surface area (Å²) in [6, 6.07) is 12.0. The third kappa shape index (κ3) is 4.20. The summed E-state index contributed by atoms with van der Waals surface area (Å²) in [6.07, 6.45) is 5.29. The maximum atomic E-state index is 12.9. The molecular weight excluding hydrogens is 376 g/mol. The van der Waals surface area contributed by atoms with Gasteiger partial charge in [-0.1, -0.05) is 25.1 Å². The summed E-state index contributed by atoms with van der Waals surface area (Å²) in [5.41, 5.74) is 5.21. The first kappa shape index (κ1) is 20.5. The van der Waals surface area contributed by atoms with Gasteiger partial charge in [-0.2, -0.15) is 0 Å². The van der Waals surface area contributed by atoms with Crippen molar-refractivity contribution in [3.63, 3.8) is 0 Å². The van der Waals surface area contributed by atoms with E-state index in [4.69, 9.17) is 4.74 Å². The first-order valence-corrected chi connectivity index (χ1v) is 10.9. The number of hydrogen-bond donors (Lipinski definition) is 1. The molecule has 0 spiro atoms. The van der Waals surface area contributed by atoms with Crippen LogP contribution in [0.4, 0.5) is 11.4 Å². The smallest absolute Gasteiger partial charge is 0.227 e.